The second kappa shape index (κ2) is 32.1. The second-order valence-corrected chi connectivity index (χ2v) is 19.2. The fourth-order valence-corrected chi connectivity index (χ4v) is 9.31. The van der Waals surface area contributed by atoms with Gasteiger partial charge in [0.1, 0.15) is 32.0 Å². The smallest absolute Gasteiger partial charge is 0.463 e. The molecule has 4 atom stereocenters. The zero-order chi connectivity index (χ0) is 47.9. The maximum atomic E-state index is 14.7. The third-order valence-corrected chi connectivity index (χ3v) is 13.3. The van der Waals surface area contributed by atoms with Crippen molar-refractivity contribution in [2.75, 3.05) is 19.8 Å². The number of likely N-dealkylation sites (tertiary alicyclic amines) is 1. The number of esters is 2. The fraction of sp³-hybridized carbons (Fsp3) is 0.509. The molecule has 0 aromatic heterocycles. The van der Waals surface area contributed by atoms with Gasteiger partial charge in [-0.25, -0.2) is 14.2 Å². The molecule has 68 heavy (non-hydrogen) atoms. The summed E-state index contributed by atoms with van der Waals surface area (Å²) in [5.74, 6) is -1.01. The Morgan fingerprint density at radius 2 is 1.00 bits per heavy atom. The lowest BCUT2D eigenvalue weighted by Gasteiger charge is -2.24. The van der Waals surface area contributed by atoms with Crippen LogP contribution >= 0.6 is 7.82 Å². The molecule has 1 amide bonds. The van der Waals surface area contributed by atoms with E-state index in [1.165, 1.54) is 81.9 Å². The van der Waals surface area contributed by atoms with Crippen LogP contribution in [-0.2, 0) is 73.1 Å². The molecule has 5 rings (SSSR count). The largest absolute Gasteiger partial charge is 0.475 e. The summed E-state index contributed by atoms with van der Waals surface area (Å²) in [6.07, 6.45) is 16.2. The molecule has 1 heterocycles. The van der Waals surface area contributed by atoms with Crippen LogP contribution in [0.25, 0.3) is 0 Å². The van der Waals surface area contributed by atoms with Crippen molar-refractivity contribution in [3.8, 4) is 0 Å². The van der Waals surface area contributed by atoms with Gasteiger partial charge in [-0.15, -0.1) is 0 Å². The van der Waals surface area contributed by atoms with Gasteiger partial charge in [0.25, 0.3) is 0 Å². The molecule has 0 aliphatic carbocycles. The molecular weight excluding hydrogens is 882 g/mol. The van der Waals surface area contributed by atoms with Crippen molar-refractivity contribution in [3.63, 3.8) is 0 Å². The van der Waals surface area contributed by atoms with Crippen LogP contribution in [0.15, 0.2) is 121 Å². The van der Waals surface area contributed by atoms with Crippen LogP contribution in [-0.4, -0.2) is 60.9 Å². The summed E-state index contributed by atoms with van der Waals surface area (Å²) in [5.41, 5.74) is 3.14. The quantitative estimate of drug-likeness (QED) is 0.0191. The van der Waals surface area contributed by atoms with E-state index < -0.39 is 38.1 Å². The van der Waals surface area contributed by atoms with Crippen molar-refractivity contribution >= 4 is 25.9 Å². The van der Waals surface area contributed by atoms with Crippen LogP contribution in [0.2, 0.25) is 0 Å². The molecule has 0 saturated carbocycles. The maximum absolute atomic E-state index is 14.7. The van der Waals surface area contributed by atoms with Crippen molar-refractivity contribution in [3.05, 3.63) is 144 Å². The van der Waals surface area contributed by atoms with Crippen molar-refractivity contribution in [1.29, 1.82) is 0 Å². The SMILES string of the molecule is CCCCCCCCCCCCCCCCCC(=O)OC[C@H](COP(=O)(OCc1ccccc1)O[C@@H]1C[C@H](C(=O)OCc2ccccc2)N(C(=O)OCc2ccccc2)C1)OCc1ccccc1. The molecule has 0 bridgehead atoms. The normalized spacial score (nSPS) is 15.9. The molecule has 370 valence electrons. The minimum absolute atomic E-state index is 0.00912. The number of carbonyl (C=O) groups is 3. The summed E-state index contributed by atoms with van der Waals surface area (Å²) in [6, 6.07) is 35.9. The van der Waals surface area contributed by atoms with Crippen LogP contribution in [0.1, 0.15) is 138 Å². The molecule has 12 nitrogen and oxygen atoms in total. The number of amides is 1. The molecule has 4 aromatic carbocycles. The number of rotatable bonds is 34. The number of hydrogen-bond donors (Lipinski definition) is 0. The average Bonchev–Trinajstić information content (AvgIpc) is 3.80. The molecule has 0 radical (unpaired) electrons. The van der Waals surface area contributed by atoms with Crippen molar-refractivity contribution in [2.24, 2.45) is 0 Å². The number of carbonyl (C=O) groups excluding carboxylic acids is 3. The standard InChI is InChI=1S/C55H74NO11P/c1-2-3-4-5-6-7-8-9-10-11-12-13-14-15-28-37-53(57)62-44-51(61-40-46-29-20-16-21-30-46)45-66-68(60,65-43-49-35-26-19-27-36-49)67-50-38-52(54(58)63-41-47-31-22-17-23-32-47)56(39-50)55(59)64-42-48-33-24-18-25-34-48/h16-27,29-36,50-52H,2-15,28,37-45H2,1H3/t50-,51-,52-,68?/m1/s1. The van der Waals surface area contributed by atoms with Gasteiger partial charge in [0.05, 0.1) is 32.5 Å². The molecule has 1 aliphatic rings. The predicted octanol–water partition coefficient (Wildman–Crippen LogP) is 13.3. The van der Waals surface area contributed by atoms with Gasteiger partial charge >= 0.3 is 25.9 Å². The highest BCUT2D eigenvalue weighted by Gasteiger charge is 2.45. The van der Waals surface area contributed by atoms with Gasteiger partial charge in [-0.1, -0.05) is 218 Å². The Kier molecular flexibility index (Phi) is 25.5. The molecule has 4 aromatic rings. The Bertz CT molecular complexity index is 1960. The number of ether oxygens (including phenoxy) is 4. The van der Waals surface area contributed by atoms with E-state index in [1.807, 2.05) is 121 Å². The highest BCUT2D eigenvalue weighted by molar-refractivity contribution is 7.48. The van der Waals surface area contributed by atoms with E-state index in [-0.39, 0.29) is 65.0 Å². The molecule has 0 spiro atoms. The maximum Gasteiger partial charge on any atom is 0.475 e. The zero-order valence-electron chi connectivity index (χ0n) is 40.1. The summed E-state index contributed by atoms with van der Waals surface area (Å²) in [5, 5.41) is 0. The summed E-state index contributed by atoms with van der Waals surface area (Å²) in [4.78, 5) is 41.5. The summed E-state index contributed by atoms with van der Waals surface area (Å²) < 4.78 is 56.1. The fourth-order valence-electron chi connectivity index (χ4n) is 7.94. The molecule has 1 fully saturated rings. The van der Waals surface area contributed by atoms with E-state index >= 15 is 0 Å². The minimum Gasteiger partial charge on any atom is -0.463 e. The first-order valence-corrected chi connectivity index (χ1v) is 26.4. The van der Waals surface area contributed by atoms with E-state index in [4.69, 9.17) is 32.5 Å². The first-order chi connectivity index (χ1) is 33.3. The molecule has 13 heteroatoms. The molecule has 1 saturated heterocycles. The van der Waals surface area contributed by atoms with E-state index in [1.54, 1.807) is 0 Å². The zero-order valence-corrected chi connectivity index (χ0v) is 41.0. The van der Waals surface area contributed by atoms with Crippen LogP contribution in [0.4, 0.5) is 4.79 Å². The van der Waals surface area contributed by atoms with Crippen LogP contribution in [0.3, 0.4) is 0 Å². The number of nitrogens with zero attached hydrogens (tertiary/aromatic N) is 1. The van der Waals surface area contributed by atoms with Gasteiger partial charge in [0.15, 0.2) is 0 Å². The molecule has 1 unspecified atom stereocenters. The number of benzene rings is 4. The van der Waals surface area contributed by atoms with Crippen LogP contribution < -0.4 is 0 Å². The van der Waals surface area contributed by atoms with Crippen molar-refractivity contribution in [1.82, 2.24) is 4.90 Å². The molecule has 1 aliphatic heterocycles. The van der Waals surface area contributed by atoms with Gasteiger partial charge in [0, 0.05) is 12.8 Å². The van der Waals surface area contributed by atoms with Gasteiger partial charge in [-0.2, -0.15) is 0 Å². The summed E-state index contributed by atoms with van der Waals surface area (Å²) in [7, 11) is -4.47. The Morgan fingerprint density at radius 3 is 1.51 bits per heavy atom. The van der Waals surface area contributed by atoms with Gasteiger partial charge in [-0.05, 0) is 28.7 Å². The highest BCUT2D eigenvalue weighted by atomic mass is 31.2. The Labute approximate surface area is 404 Å². The minimum atomic E-state index is -4.47. The monoisotopic (exact) mass is 955 g/mol. The van der Waals surface area contributed by atoms with E-state index in [9.17, 15) is 18.9 Å². The van der Waals surface area contributed by atoms with E-state index in [0.29, 0.717) is 5.56 Å². The summed E-state index contributed by atoms with van der Waals surface area (Å²) >= 11 is 0. The Hall–Kier alpha value is -4.84. The number of hydrogen-bond acceptors (Lipinski definition) is 11. The number of phosphoric acid groups is 1. The van der Waals surface area contributed by atoms with Crippen molar-refractivity contribution < 1.29 is 51.5 Å². The number of unbranched alkanes of at least 4 members (excludes halogenated alkanes) is 14. The molecule has 0 N–H and O–H groups in total. The third-order valence-electron chi connectivity index (χ3n) is 11.9. The lowest BCUT2D eigenvalue weighted by Crippen LogP contribution is -2.41. The second-order valence-electron chi connectivity index (χ2n) is 17.6. The lowest BCUT2D eigenvalue weighted by molar-refractivity contribution is -0.150. The predicted molar refractivity (Wildman–Crippen MR) is 263 cm³/mol. The molecular formula is C55H74NO11P. The lowest BCUT2D eigenvalue weighted by atomic mass is 10.0. The third kappa shape index (κ3) is 21.6. The Morgan fingerprint density at radius 1 is 0.544 bits per heavy atom. The Balaban J connectivity index is 1.16. The van der Waals surface area contributed by atoms with Crippen molar-refractivity contribution in [2.45, 2.75) is 161 Å². The topological polar surface area (TPSA) is 136 Å². The number of phosphoric ester groups is 1. The van der Waals surface area contributed by atoms with E-state index in [0.717, 1.165) is 36.0 Å². The van der Waals surface area contributed by atoms with Gasteiger partial charge in [-0.3, -0.25) is 23.3 Å². The van der Waals surface area contributed by atoms with Gasteiger partial charge in [0.2, 0.25) is 0 Å². The van der Waals surface area contributed by atoms with E-state index in [2.05, 4.69) is 6.92 Å². The highest BCUT2D eigenvalue weighted by Crippen LogP contribution is 2.53. The first kappa shape index (κ1) is 54.1. The van der Waals surface area contributed by atoms with Gasteiger partial charge < -0.3 is 18.9 Å². The summed E-state index contributed by atoms with van der Waals surface area (Å²) in [6.45, 7) is 1.65. The van der Waals surface area contributed by atoms with Crippen LogP contribution in [0, 0.1) is 0 Å². The first-order valence-electron chi connectivity index (χ1n) is 24.9. The average molecular weight is 956 g/mol. The van der Waals surface area contributed by atoms with Crippen LogP contribution in [0.5, 0.6) is 0 Å².